The molecule has 65 valence electrons. The first-order valence-electron chi connectivity index (χ1n) is 3.97. The van der Waals surface area contributed by atoms with Crippen LogP contribution >= 0.6 is 0 Å². The predicted molar refractivity (Wildman–Crippen MR) is 47.5 cm³/mol. The molecule has 0 spiro atoms. The summed E-state index contributed by atoms with van der Waals surface area (Å²) in [5, 5.41) is 8.52. The predicted octanol–water partition coefficient (Wildman–Crippen LogP) is 1.60. The highest BCUT2D eigenvalue weighted by atomic mass is 16.5. The lowest BCUT2D eigenvalue weighted by Crippen LogP contribution is -2.04. The Labute approximate surface area is 72.8 Å². The molecule has 0 aliphatic carbocycles. The largest absolute Gasteiger partial charge is 0.394 e. The Hall–Kier alpha value is -0.860. The van der Waals surface area contributed by atoms with Crippen LogP contribution in [0.2, 0.25) is 0 Å². The molecule has 0 heterocycles. The summed E-state index contributed by atoms with van der Waals surface area (Å²) in [5.74, 6) is 0. The highest BCUT2D eigenvalue weighted by Crippen LogP contribution is 2.13. The van der Waals surface area contributed by atoms with Crippen LogP contribution in [0, 0.1) is 6.10 Å². The number of aliphatic hydroxyl groups excluding tert-OH is 1. The summed E-state index contributed by atoms with van der Waals surface area (Å²) in [6, 6.07) is 9.84. The SMILES string of the molecule is C[C](OCCO)c1ccccc1. The molecular formula is C10H13O2. The van der Waals surface area contributed by atoms with Crippen LogP contribution in [-0.2, 0) is 4.74 Å². The number of rotatable bonds is 4. The second-order valence-electron chi connectivity index (χ2n) is 2.49. The number of hydrogen-bond acceptors (Lipinski definition) is 2. The third-order valence-electron chi connectivity index (χ3n) is 1.59. The molecular weight excluding hydrogens is 152 g/mol. The molecule has 0 fully saturated rings. The summed E-state index contributed by atoms with van der Waals surface area (Å²) in [4.78, 5) is 0. The Bertz CT molecular complexity index is 208. The average Bonchev–Trinajstić information content (AvgIpc) is 2.15. The fourth-order valence-corrected chi connectivity index (χ4v) is 0.955. The first kappa shape index (κ1) is 9.23. The van der Waals surface area contributed by atoms with Gasteiger partial charge in [0.25, 0.3) is 0 Å². The minimum atomic E-state index is 0.0597. The third kappa shape index (κ3) is 2.64. The summed E-state index contributed by atoms with van der Waals surface area (Å²) in [5.41, 5.74) is 1.06. The Balaban J connectivity index is 2.48. The smallest absolute Gasteiger partial charge is 0.123 e. The van der Waals surface area contributed by atoms with E-state index in [-0.39, 0.29) is 6.61 Å². The molecule has 1 radical (unpaired) electrons. The standard InChI is InChI=1S/C10H13O2/c1-9(12-8-7-11)10-5-3-2-4-6-10/h2-6,11H,7-8H2,1H3. The van der Waals surface area contributed by atoms with Gasteiger partial charge in [0.2, 0.25) is 0 Å². The molecule has 1 N–H and O–H groups in total. The number of benzene rings is 1. The van der Waals surface area contributed by atoms with E-state index in [2.05, 4.69) is 0 Å². The minimum absolute atomic E-state index is 0.0597. The molecule has 12 heavy (non-hydrogen) atoms. The van der Waals surface area contributed by atoms with Gasteiger partial charge >= 0.3 is 0 Å². The van der Waals surface area contributed by atoms with Gasteiger partial charge in [-0.15, -0.1) is 0 Å². The Morgan fingerprint density at radius 3 is 2.58 bits per heavy atom. The first-order chi connectivity index (χ1) is 5.84. The second-order valence-corrected chi connectivity index (χ2v) is 2.49. The van der Waals surface area contributed by atoms with Crippen molar-refractivity contribution in [3.63, 3.8) is 0 Å². The van der Waals surface area contributed by atoms with E-state index in [9.17, 15) is 0 Å². The average molecular weight is 165 g/mol. The van der Waals surface area contributed by atoms with E-state index in [0.29, 0.717) is 6.61 Å². The maximum Gasteiger partial charge on any atom is 0.123 e. The maximum atomic E-state index is 8.52. The molecule has 0 saturated heterocycles. The lowest BCUT2D eigenvalue weighted by Gasteiger charge is -2.10. The van der Waals surface area contributed by atoms with Crippen molar-refractivity contribution >= 4 is 0 Å². The fourth-order valence-electron chi connectivity index (χ4n) is 0.955. The monoisotopic (exact) mass is 165 g/mol. The molecule has 0 atom stereocenters. The molecule has 1 aromatic rings. The van der Waals surface area contributed by atoms with Crippen molar-refractivity contribution in [3.05, 3.63) is 42.0 Å². The van der Waals surface area contributed by atoms with E-state index in [1.54, 1.807) is 0 Å². The zero-order valence-corrected chi connectivity index (χ0v) is 7.16. The van der Waals surface area contributed by atoms with Crippen LogP contribution in [0.1, 0.15) is 12.5 Å². The molecule has 2 heteroatoms. The third-order valence-corrected chi connectivity index (χ3v) is 1.59. The van der Waals surface area contributed by atoms with Crippen molar-refractivity contribution < 1.29 is 9.84 Å². The highest BCUT2D eigenvalue weighted by Gasteiger charge is 2.04. The van der Waals surface area contributed by atoms with Crippen LogP contribution in [0.5, 0.6) is 0 Å². The topological polar surface area (TPSA) is 29.5 Å². The van der Waals surface area contributed by atoms with Gasteiger partial charge in [0, 0.05) is 0 Å². The summed E-state index contributed by atoms with van der Waals surface area (Å²) >= 11 is 0. The van der Waals surface area contributed by atoms with E-state index in [1.807, 2.05) is 37.3 Å². The quantitative estimate of drug-likeness (QED) is 0.734. The van der Waals surface area contributed by atoms with E-state index in [0.717, 1.165) is 11.7 Å². The molecule has 0 unspecified atom stereocenters. The Morgan fingerprint density at radius 1 is 1.33 bits per heavy atom. The molecule has 0 aromatic heterocycles. The highest BCUT2D eigenvalue weighted by molar-refractivity contribution is 5.25. The van der Waals surface area contributed by atoms with Crippen LogP contribution in [0.25, 0.3) is 0 Å². The molecule has 0 bridgehead atoms. The zero-order chi connectivity index (χ0) is 8.81. The number of hydrogen-bond donors (Lipinski definition) is 1. The van der Waals surface area contributed by atoms with Gasteiger partial charge in [-0.25, -0.2) is 0 Å². The Morgan fingerprint density at radius 2 is 2.00 bits per heavy atom. The van der Waals surface area contributed by atoms with Crippen molar-refractivity contribution in [2.24, 2.45) is 0 Å². The van der Waals surface area contributed by atoms with Crippen molar-refractivity contribution in [2.45, 2.75) is 6.92 Å². The van der Waals surface area contributed by atoms with E-state index in [1.165, 1.54) is 0 Å². The van der Waals surface area contributed by atoms with Gasteiger partial charge in [0.1, 0.15) is 6.10 Å². The van der Waals surface area contributed by atoms with Gasteiger partial charge in [0.05, 0.1) is 13.2 Å². The zero-order valence-electron chi connectivity index (χ0n) is 7.16. The summed E-state index contributed by atoms with van der Waals surface area (Å²) < 4.78 is 5.24. The van der Waals surface area contributed by atoms with Crippen molar-refractivity contribution in [3.8, 4) is 0 Å². The Kier molecular flexibility index (Phi) is 3.77. The van der Waals surface area contributed by atoms with E-state index < -0.39 is 0 Å². The van der Waals surface area contributed by atoms with Crippen LogP contribution in [-0.4, -0.2) is 18.3 Å². The molecule has 2 nitrogen and oxygen atoms in total. The molecule has 0 aliphatic heterocycles. The number of ether oxygens (including phenoxy) is 1. The van der Waals surface area contributed by atoms with Gasteiger partial charge in [-0.05, 0) is 12.5 Å². The lowest BCUT2D eigenvalue weighted by atomic mass is 10.1. The summed E-state index contributed by atoms with van der Waals surface area (Å²) in [7, 11) is 0. The van der Waals surface area contributed by atoms with Crippen molar-refractivity contribution in [1.29, 1.82) is 0 Å². The lowest BCUT2D eigenvalue weighted by molar-refractivity contribution is 0.115. The summed E-state index contributed by atoms with van der Waals surface area (Å²) in [6.07, 6.45) is 0.852. The van der Waals surface area contributed by atoms with E-state index >= 15 is 0 Å². The van der Waals surface area contributed by atoms with Crippen LogP contribution in [0.15, 0.2) is 30.3 Å². The molecule has 0 aliphatic rings. The van der Waals surface area contributed by atoms with Crippen molar-refractivity contribution in [2.75, 3.05) is 13.2 Å². The van der Waals surface area contributed by atoms with Gasteiger partial charge in [-0.2, -0.15) is 0 Å². The van der Waals surface area contributed by atoms with Crippen LogP contribution in [0.4, 0.5) is 0 Å². The van der Waals surface area contributed by atoms with Gasteiger partial charge in [0.15, 0.2) is 0 Å². The van der Waals surface area contributed by atoms with Gasteiger partial charge in [-0.1, -0.05) is 30.3 Å². The van der Waals surface area contributed by atoms with Crippen LogP contribution in [0.3, 0.4) is 0 Å². The molecule has 1 aromatic carbocycles. The number of aliphatic hydroxyl groups is 1. The van der Waals surface area contributed by atoms with E-state index in [4.69, 9.17) is 9.84 Å². The van der Waals surface area contributed by atoms with Crippen molar-refractivity contribution in [1.82, 2.24) is 0 Å². The fraction of sp³-hybridized carbons (Fsp3) is 0.300. The molecule has 1 rings (SSSR count). The van der Waals surface area contributed by atoms with Gasteiger partial charge < -0.3 is 9.84 Å². The molecule has 0 amide bonds. The summed E-state index contributed by atoms with van der Waals surface area (Å²) in [6.45, 7) is 2.32. The maximum absolute atomic E-state index is 8.52. The van der Waals surface area contributed by atoms with Crippen LogP contribution < -0.4 is 0 Å². The normalized spacial score (nSPS) is 10.6. The first-order valence-corrected chi connectivity index (χ1v) is 3.97. The van der Waals surface area contributed by atoms with Gasteiger partial charge in [-0.3, -0.25) is 0 Å². The molecule has 0 saturated carbocycles. The minimum Gasteiger partial charge on any atom is -0.394 e. The second kappa shape index (κ2) is 4.91.